The number of hydrogen-bond acceptors (Lipinski definition) is 7. The number of nitrogens with two attached hydrogens (primary N) is 1. The summed E-state index contributed by atoms with van der Waals surface area (Å²) in [5.41, 5.74) is 5.95. The zero-order valence-electron chi connectivity index (χ0n) is 13.3. The quantitative estimate of drug-likeness (QED) is 0.725. The second kappa shape index (κ2) is 7.60. The number of carbonyl (C=O) groups is 2. The third-order valence-electron chi connectivity index (χ3n) is 3.84. The highest BCUT2D eigenvalue weighted by atomic mass is 32.1. The van der Waals surface area contributed by atoms with Crippen molar-refractivity contribution < 1.29 is 19.4 Å². The number of morpholine rings is 1. The Hall–Kier alpha value is -2.49. The van der Waals surface area contributed by atoms with Crippen LogP contribution in [0.3, 0.4) is 0 Å². The molecule has 0 spiro atoms. The van der Waals surface area contributed by atoms with E-state index in [2.05, 4.69) is 10.3 Å². The summed E-state index contributed by atoms with van der Waals surface area (Å²) in [5.74, 6) is -0.369. The second-order valence-corrected chi connectivity index (χ2v) is 6.39. The standard InChI is InChI=1S/C16H18N4O4S/c17-14(22)11-4-7-25-15(11)19-13-3-1-2-12(18-13)16(23)20-5-6-24-9-10(20)8-21/h1-4,7,10,21H,5-6,8-9H2,(H2,17,22)(H,18,19). The molecule has 0 bridgehead atoms. The summed E-state index contributed by atoms with van der Waals surface area (Å²) in [6.45, 7) is 0.968. The summed E-state index contributed by atoms with van der Waals surface area (Å²) in [6.07, 6.45) is 0. The third-order valence-corrected chi connectivity index (χ3v) is 4.67. The van der Waals surface area contributed by atoms with Gasteiger partial charge in [-0.15, -0.1) is 11.3 Å². The lowest BCUT2D eigenvalue weighted by atomic mass is 10.2. The number of aromatic nitrogens is 1. The minimum Gasteiger partial charge on any atom is -0.394 e. The van der Waals surface area contributed by atoms with Crippen LogP contribution in [0.5, 0.6) is 0 Å². The molecule has 0 aromatic carbocycles. The number of primary amides is 1. The van der Waals surface area contributed by atoms with Crippen LogP contribution in [-0.4, -0.2) is 59.2 Å². The molecule has 0 radical (unpaired) electrons. The maximum absolute atomic E-state index is 12.7. The molecule has 0 aliphatic carbocycles. The number of amides is 2. The van der Waals surface area contributed by atoms with Crippen LogP contribution in [0.15, 0.2) is 29.6 Å². The highest BCUT2D eigenvalue weighted by Crippen LogP contribution is 2.26. The topological polar surface area (TPSA) is 118 Å². The molecule has 8 nitrogen and oxygen atoms in total. The first kappa shape index (κ1) is 17.3. The molecule has 1 unspecified atom stereocenters. The molecule has 3 rings (SSSR count). The van der Waals surface area contributed by atoms with Gasteiger partial charge in [0, 0.05) is 6.54 Å². The zero-order valence-corrected chi connectivity index (χ0v) is 14.2. The zero-order chi connectivity index (χ0) is 17.8. The molecule has 2 aromatic heterocycles. The predicted octanol–water partition coefficient (Wildman–Crippen LogP) is 0.819. The van der Waals surface area contributed by atoms with E-state index in [0.29, 0.717) is 36.1 Å². The van der Waals surface area contributed by atoms with Crippen molar-refractivity contribution in [1.82, 2.24) is 9.88 Å². The van der Waals surface area contributed by atoms with Crippen molar-refractivity contribution in [2.75, 3.05) is 31.7 Å². The van der Waals surface area contributed by atoms with Gasteiger partial charge >= 0.3 is 0 Å². The van der Waals surface area contributed by atoms with Gasteiger partial charge in [-0.05, 0) is 23.6 Å². The van der Waals surface area contributed by atoms with Crippen LogP contribution in [0, 0.1) is 0 Å². The van der Waals surface area contributed by atoms with E-state index >= 15 is 0 Å². The molecule has 1 aliphatic heterocycles. The fourth-order valence-electron chi connectivity index (χ4n) is 2.56. The monoisotopic (exact) mass is 362 g/mol. The van der Waals surface area contributed by atoms with E-state index in [0.717, 1.165) is 0 Å². The summed E-state index contributed by atoms with van der Waals surface area (Å²) in [7, 11) is 0. The van der Waals surface area contributed by atoms with Crippen molar-refractivity contribution >= 4 is 34.0 Å². The lowest BCUT2D eigenvalue weighted by Gasteiger charge is -2.34. The lowest BCUT2D eigenvalue weighted by Crippen LogP contribution is -2.50. The van der Waals surface area contributed by atoms with Gasteiger partial charge in [-0.25, -0.2) is 4.98 Å². The average Bonchev–Trinajstić information content (AvgIpc) is 3.09. The lowest BCUT2D eigenvalue weighted by molar-refractivity contribution is -0.0186. The first-order valence-corrected chi connectivity index (χ1v) is 8.59. The molecule has 3 heterocycles. The Bertz CT molecular complexity index is 779. The largest absolute Gasteiger partial charge is 0.394 e. The number of aliphatic hydroxyl groups excluding tert-OH is 1. The van der Waals surface area contributed by atoms with Crippen molar-refractivity contribution in [2.24, 2.45) is 5.73 Å². The van der Waals surface area contributed by atoms with Crippen molar-refractivity contribution in [3.63, 3.8) is 0 Å². The van der Waals surface area contributed by atoms with Crippen LogP contribution in [0.4, 0.5) is 10.8 Å². The molecule has 132 valence electrons. The number of carbonyl (C=O) groups excluding carboxylic acids is 2. The molecule has 4 N–H and O–H groups in total. The molecule has 1 saturated heterocycles. The van der Waals surface area contributed by atoms with E-state index < -0.39 is 5.91 Å². The molecule has 1 atom stereocenters. The number of aliphatic hydroxyl groups is 1. The molecule has 1 fully saturated rings. The van der Waals surface area contributed by atoms with Crippen molar-refractivity contribution in [2.45, 2.75) is 6.04 Å². The van der Waals surface area contributed by atoms with E-state index in [1.54, 1.807) is 34.5 Å². The van der Waals surface area contributed by atoms with Crippen LogP contribution >= 0.6 is 11.3 Å². The van der Waals surface area contributed by atoms with E-state index in [-0.39, 0.29) is 24.2 Å². The average molecular weight is 362 g/mol. The fourth-order valence-corrected chi connectivity index (χ4v) is 3.36. The minimum atomic E-state index is -0.532. The Balaban J connectivity index is 1.80. The Morgan fingerprint density at radius 2 is 2.28 bits per heavy atom. The van der Waals surface area contributed by atoms with Crippen LogP contribution < -0.4 is 11.1 Å². The number of anilines is 2. The molecular formula is C16H18N4O4S. The van der Waals surface area contributed by atoms with Crippen molar-refractivity contribution in [3.8, 4) is 0 Å². The van der Waals surface area contributed by atoms with E-state index in [1.807, 2.05) is 0 Å². The number of rotatable bonds is 5. The third kappa shape index (κ3) is 3.78. The molecular weight excluding hydrogens is 344 g/mol. The summed E-state index contributed by atoms with van der Waals surface area (Å²) in [5, 5.41) is 14.8. The maximum Gasteiger partial charge on any atom is 0.273 e. The Morgan fingerprint density at radius 1 is 1.44 bits per heavy atom. The van der Waals surface area contributed by atoms with Crippen molar-refractivity contribution in [1.29, 1.82) is 0 Å². The maximum atomic E-state index is 12.7. The van der Waals surface area contributed by atoms with Gasteiger partial charge < -0.3 is 25.8 Å². The van der Waals surface area contributed by atoms with Gasteiger partial charge in [0.1, 0.15) is 16.5 Å². The highest BCUT2D eigenvalue weighted by molar-refractivity contribution is 7.14. The smallest absolute Gasteiger partial charge is 0.273 e. The number of thiophene rings is 1. The molecule has 1 aliphatic rings. The normalized spacial score (nSPS) is 17.3. The van der Waals surface area contributed by atoms with Crippen LogP contribution in [-0.2, 0) is 4.74 Å². The van der Waals surface area contributed by atoms with E-state index in [1.165, 1.54) is 11.3 Å². The summed E-state index contributed by atoms with van der Waals surface area (Å²) < 4.78 is 5.29. The first-order valence-electron chi connectivity index (χ1n) is 7.71. The number of hydrogen-bond donors (Lipinski definition) is 3. The van der Waals surface area contributed by atoms with Gasteiger partial charge in [0.25, 0.3) is 11.8 Å². The SMILES string of the molecule is NC(=O)c1ccsc1Nc1cccc(C(=O)N2CCOCC2CO)n1. The van der Waals surface area contributed by atoms with Gasteiger partial charge in [0.2, 0.25) is 0 Å². The molecule has 9 heteroatoms. The number of ether oxygens (including phenoxy) is 1. The molecule has 25 heavy (non-hydrogen) atoms. The number of nitrogens with one attached hydrogen (secondary N) is 1. The highest BCUT2D eigenvalue weighted by Gasteiger charge is 2.28. The van der Waals surface area contributed by atoms with Gasteiger partial charge in [-0.3, -0.25) is 9.59 Å². The van der Waals surface area contributed by atoms with E-state index in [4.69, 9.17) is 10.5 Å². The van der Waals surface area contributed by atoms with Gasteiger partial charge in [-0.1, -0.05) is 6.07 Å². The number of nitrogens with zero attached hydrogens (tertiary/aromatic N) is 2. The summed E-state index contributed by atoms with van der Waals surface area (Å²) >= 11 is 1.32. The summed E-state index contributed by atoms with van der Waals surface area (Å²) in [6, 6.07) is 6.27. The van der Waals surface area contributed by atoms with Crippen molar-refractivity contribution in [3.05, 3.63) is 40.9 Å². The van der Waals surface area contributed by atoms with Crippen LogP contribution in [0.1, 0.15) is 20.8 Å². The molecule has 0 saturated carbocycles. The Morgan fingerprint density at radius 3 is 3.04 bits per heavy atom. The van der Waals surface area contributed by atoms with Crippen LogP contribution in [0.25, 0.3) is 0 Å². The van der Waals surface area contributed by atoms with Gasteiger partial charge in [-0.2, -0.15) is 0 Å². The Labute approximate surface area is 148 Å². The van der Waals surface area contributed by atoms with E-state index in [9.17, 15) is 14.7 Å². The second-order valence-electron chi connectivity index (χ2n) is 5.47. The molecule has 2 aromatic rings. The summed E-state index contributed by atoms with van der Waals surface area (Å²) in [4.78, 5) is 30.0. The number of pyridine rings is 1. The fraction of sp³-hybridized carbons (Fsp3) is 0.312. The van der Waals surface area contributed by atoms with Gasteiger partial charge in [0.05, 0.1) is 31.4 Å². The molecule has 2 amide bonds. The predicted molar refractivity (Wildman–Crippen MR) is 93.1 cm³/mol. The van der Waals surface area contributed by atoms with Crippen LogP contribution in [0.2, 0.25) is 0 Å². The first-order chi connectivity index (χ1) is 12.1. The minimum absolute atomic E-state index is 0.166. The van der Waals surface area contributed by atoms with Gasteiger partial charge in [0.15, 0.2) is 0 Å². The Kier molecular flexibility index (Phi) is 5.27.